The molecule has 0 unspecified atom stereocenters. The van der Waals surface area contributed by atoms with Gasteiger partial charge in [0.1, 0.15) is 23.5 Å². The molecule has 4 rings (SSSR count). The number of amides is 4. The standard InChI is InChI=1S/C29H38N6O8/c1-29(2,14-22(36)34-12-9-18(24(34)28(42)43)31-26(39)20-8-6-11-33(20)4)15-23(37)35-16-17(13-21(35)27(40)41)30-25(38)19-7-5-10-32(19)3/h5-8,10-11,17-18,21,24H,9,12-16H2,1-4H3,(H,30,38)(H,31,39)(H,40,41)(H,42,43)/t17-,18-,21-,24-/m0/s1. The number of hydrogen-bond acceptors (Lipinski definition) is 6. The highest BCUT2D eigenvalue weighted by molar-refractivity contribution is 5.94. The smallest absolute Gasteiger partial charge is 0.328 e. The topological polar surface area (TPSA) is 183 Å². The van der Waals surface area contributed by atoms with Crippen LogP contribution < -0.4 is 10.6 Å². The molecule has 2 aromatic rings. The van der Waals surface area contributed by atoms with Crippen molar-refractivity contribution in [2.24, 2.45) is 19.5 Å². The molecule has 43 heavy (non-hydrogen) atoms. The van der Waals surface area contributed by atoms with Gasteiger partial charge in [0.2, 0.25) is 11.8 Å². The zero-order valence-corrected chi connectivity index (χ0v) is 24.6. The van der Waals surface area contributed by atoms with Gasteiger partial charge in [0.05, 0.1) is 6.04 Å². The summed E-state index contributed by atoms with van der Waals surface area (Å²) in [5.41, 5.74) is -0.175. The van der Waals surface area contributed by atoms with Gasteiger partial charge in [-0.1, -0.05) is 13.8 Å². The Bertz CT molecular complexity index is 1410. The third-order valence-corrected chi connectivity index (χ3v) is 8.14. The zero-order valence-electron chi connectivity index (χ0n) is 24.6. The van der Waals surface area contributed by atoms with Crippen LogP contribution >= 0.6 is 0 Å². The predicted molar refractivity (Wildman–Crippen MR) is 152 cm³/mol. The van der Waals surface area contributed by atoms with Gasteiger partial charge in [-0.3, -0.25) is 19.2 Å². The molecule has 0 aromatic carbocycles. The maximum absolute atomic E-state index is 13.4. The third-order valence-electron chi connectivity index (χ3n) is 8.14. The molecular weight excluding hydrogens is 560 g/mol. The molecule has 0 saturated carbocycles. The summed E-state index contributed by atoms with van der Waals surface area (Å²) in [5.74, 6) is -4.22. The second-order valence-electron chi connectivity index (χ2n) is 12.1. The SMILES string of the molecule is Cn1cccc1C(=O)N[C@H]1C[C@@H](C(=O)O)N(C(=O)CC(C)(C)CC(=O)N2CC[C@H](NC(=O)c3cccn3C)[C@H]2C(=O)O)C1. The van der Waals surface area contributed by atoms with Crippen LogP contribution in [0.5, 0.6) is 0 Å². The number of carboxylic acids is 2. The third kappa shape index (κ3) is 6.89. The number of carbonyl (C=O) groups is 6. The van der Waals surface area contributed by atoms with E-state index < -0.39 is 59.2 Å². The average Bonchev–Trinajstić information content (AvgIpc) is 3.69. The minimum atomic E-state index is -1.27. The Labute approximate surface area is 248 Å². The number of aromatic nitrogens is 2. The Morgan fingerprint density at radius 2 is 1.37 bits per heavy atom. The van der Waals surface area contributed by atoms with E-state index in [-0.39, 0.29) is 44.7 Å². The summed E-state index contributed by atoms with van der Waals surface area (Å²) in [4.78, 5) is 78.7. The summed E-state index contributed by atoms with van der Waals surface area (Å²) in [6.07, 6.45) is 3.37. The van der Waals surface area contributed by atoms with E-state index in [1.807, 2.05) is 0 Å². The first-order valence-corrected chi connectivity index (χ1v) is 14.1. The van der Waals surface area contributed by atoms with Crippen molar-refractivity contribution in [2.45, 2.75) is 63.7 Å². The van der Waals surface area contributed by atoms with Crippen LogP contribution in [-0.2, 0) is 33.3 Å². The van der Waals surface area contributed by atoms with Gasteiger partial charge in [0, 0.05) is 64.9 Å². The molecule has 14 nitrogen and oxygen atoms in total. The molecular formula is C29H38N6O8. The van der Waals surface area contributed by atoms with Crippen molar-refractivity contribution in [1.29, 1.82) is 0 Å². The average molecular weight is 599 g/mol. The molecule has 14 heteroatoms. The van der Waals surface area contributed by atoms with Crippen molar-refractivity contribution >= 4 is 35.6 Å². The number of hydrogen-bond donors (Lipinski definition) is 4. The number of likely N-dealkylation sites (tertiary alicyclic amines) is 2. The molecule has 232 valence electrons. The highest BCUT2D eigenvalue weighted by atomic mass is 16.4. The number of carboxylic acid groups (broad SMARTS) is 2. The Hall–Kier alpha value is -4.62. The van der Waals surface area contributed by atoms with Crippen LogP contribution in [-0.4, -0.2) is 102 Å². The van der Waals surface area contributed by atoms with E-state index in [0.29, 0.717) is 11.4 Å². The maximum atomic E-state index is 13.4. The first-order chi connectivity index (χ1) is 20.2. The van der Waals surface area contributed by atoms with Crippen molar-refractivity contribution < 1.29 is 39.0 Å². The van der Waals surface area contributed by atoms with Crippen molar-refractivity contribution in [3.8, 4) is 0 Å². The van der Waals surface area contributed by atoms with Gasteiger partial charge in [-0.15, -0.1) is 0 Å². The van der Waals surface area contributed by atoms with Gasteiger partial charge < -0.3 is 39.8 Å². The predicted octanol–water partition coefficient (Wildman–Crippen LogP) is 0.438. The molecule has 0 aliphatic carbocycles. The molecule has 2 aliphatic rings. The van der Waals surface area contributed by atoms with Crippen LogP contribution in [0.25, 0.3) is 0 Å². The lowest BCUT2D eigenvalue weighted by atomic mass is 9.84. The first-order valence-electron chi connectivity index (χ1n) is 14.1. The summed E-state index contributed by atoms with van der Waals surface area (Å²) in [6.45, 7) is 3.49. The van der Waals surface area contributed by atoms with Gasteiger partial charge >= 0.3 is 11.9 Å². The number of carbonyl (C=O) groups excluding carboxylic acids is 4. The zero-order chi connectivity index (χ0) is 31.6. The molecule has 4 heterocycles. The fourth-order valence-corrected chi connectivity index (χ4v) is 5.96. The molecule has 0 radical (unpaired) electrons. The summed E-state index contributed by atoms with van der Waals surface area (Å²) >= 11 is 0. The van der Waals surface area contributed by atoms with Gasteiger partial charge in [-0.2, -0.15) is 0 Å². The van der Waals surface area contributed by atoms with E-state index in [9.17, 15) is 39.0 Å². The number of rotatable bonds is 10. The van der Waals surface area contributed by atoms with E-state index in [1.54, 1.807) is 73.7 Å². The van der Waals surface area contributed by atoms with Gasteiger partial charge in [0.25, 0.3) is 11.8 Å². The van der Waals surface area contributed by atoms with Crippen LogP contribution in [0, 0.1) is 5.41 Å². The van der Waals surface area contributed by atoms with Gasteiger partial charge in [-0.05, 0) is 36.1 Å². The highest BCUT2D eigenvalue weighted by Gasteiger charge is 2.45. The second-order valence-corrected chi connectivity index (χ2v) is 12.1. The summed E-state index contributed by atoms with van der Waals surface area (Å²) in [5, 5.41) is 25.3. The van der Waals surface area contributed by atoms with E-state index in [0.717, 1.165) is 0 Å². The highest BCUT2D eigenvalue weighted by Crippen LogP contribution is 2.31. The lowest BCUT2D eigenvalue weighted by Crippen LogP contribution is -2.51. The molecule has 4 amide bonds. The van der Waals surface area contributed by atoms with Crippen LogP contribution in [0.3, 0.4) is 0 Å². The van der Waals surface area contributed by atoms with Crippen LogP contribution in [0.1, 0.15) is 60.5 Å². The molecule has 2 aliphatic heterocycles. The summed E-state index contributed by atoms with van der Waals surface area (Å²) in [7, 11) is 3.41. The molecule has 4 N–H and O–H groups in total. The van der Waals surface area contributed by atoms with E-state index in [1.165, 1.54) is 9.80 Å². The number of aryl methyl sites for hydroxylation is 2. The summed E-state index contributed by atoms with van der Waals surface area (Å²) in [6, 6.07) is 2.88. The first kappa shape index (κ1) is 31.3. The second kappa shape index (κ2) is 12.3. The van der Waals surface area contributed by atoms with E-state index >= 15 is 0 Å². The number of nitrogens with one attached hydrogen (secondary N) is 2. The van der Waals surface area contributed by atoms with Crippen molar-refractivity contribution in [3.63, 3.8) is 0 Å². The Morgan fingerprint density at radius 3 is 1.86 bits per heavy atom. The van der Waals surface area contributed by atoms with Crippen molar-refractivity contribution in [3.05, 3.63) is 48.0 Å². The lowest BCUT2D eigenvalue weighted by molar-refractivity contribution is -0.151. The molecule has 0 bridgehead atoms. The van der Waals surface area contributed by atoms with Gasteiger partial charge in [-0.25, -0.2) is 9.59 Å². The number of aliphatic carboxylic acids is 2. The minimum Gasteiger partial charge on any atom is -0.480 e. The molecule has 2 fully saturated rings. The van der Waals surface area contributed by atoms with E-state index in [4.69, 9.17) is 0 Å². The minimum absolute atomic E-state index is 0.00568. The fraction of sp³-hybridized carbons (Fsp3) is 0.517. The van der Waals surface area contributed by atoms with Crippen LogP contribution in [0.2, 0.25) is 0 Å². The Morgan fingerprint density at radius 1 is 0.837 bits per heavy atom. The van der Waals surface area contributed by atoms with Crippen molar-refractivity contribution in [1.82, 2.24) is 29.6 Å². The van der Waals surface area contributed by atoms with Crippen molar-refractivity contribution in [2.75, 3.05) is 13.1 Å². The lowest BCUT2D eigenvalue weighted by Gasteiger charge is -2.31. The van der Waals surface area contributed by atoms with Crippen LogP contribution in [0.15, 0.2) is 36.7 Å². The summed E-state index contributed by atoms with van der Waals surface area (Å²) < 4.78 is 3.24. The Balaban J connectivity index is 1.38. The molecule has 0 spiro atoms. The monoisotopic (exact) mass is 598 g/mol. The normalized spacial score (nSPS) is 22.0. The molecule has 2 aromatic heterocycles. The quantitative estimate of drug-likeness (QED) is 0.304. The van der Waals surface area contributed by atoms with Crippen LogP contribution in [0.4, 0.5) is 0 Å². The Kier molecular flexibility index (Phi) is 8.97. The molecule has 2 saturated heterocycles. The maximum Gasteiger partial charge on any atom is 0.328 e. The van der Waals surface area contributed by atoms with E-state index in [2.05, 4.69) is 10.6 Å². The largest absolute Gasteiger partial charge is 0.480 e. The molecule has 4 atom stereocenters. The number of nitrogens with zero attached hydrogens (tertiary/aromatic N) is 4. The van der Waals surface area contributed by atoms with Gasteiger partial charge in [0.15, 0.2) is 0 Å². The fourth-order valence-electron chi connectivity index (χ4n) is 5.96.